The molecule has 10 nitrogen and oxygen atoms in total. The van der Waals surface area contributed by atoms with Crippen LogP contribution >= 0.6 is 0 Å². The summed E-state index contributed by atoms with van der Waals surface area (Å²) in [6.45, 7) is 0.423. The molecule has 1 N–H and O–H groups in total. The Balaban J connectivity index is 1.18. The van der Waals surface area contributed by atoms with Gasteiger partial charge in [0.25, 0.3) is 5.91 Å². The van der Waals surface area contributed by atoms with Crippen LogP contribution in [-0.2, 0) is 4.79 Å². The van der Waals surface area contributed by atoms with Crippen LogP contribution in [0, 0.1) is 0 Å². The number of nitrogens with zero attached hydrogens (tertiary/aromatic N) is 4. The molecule has 37 heavy (non-hydrogen) atoms. The molecule has 0 fully saturated rings. The van der Waals surface area contributed by atoms with Crippen LogP contribution in [0.2, 0.25) is 0 Å². The normalized spacial score (nSPS) is 10.9. The third-order valence-corrected chi connectivity index (χ3v) is 5.67. The summed E-state index contributed by atoms with van der Waals surface area (Å²) in [5.74, 6) is 2.53. The van der Waals surface area contributed by atoms with Crippen molar-refractivity contribution in [2.24, 2.45) is 0 Å². The van der Waals surface area contributed by atoms with Crippen molar-refractivity contribution in [3.8, 4) is 34.5 Å². The second-order valence-electron chi connectivity index (χ2n) is 8.00. The quantitative estimate of drug-likeness (QED) is 0.291. The third kappa shape index (κ3) is 5.22. The van der Waals surface area contributed by atoms with Gasteiger partial charge in [0, 0.05) is 17.5 Å². The number of amides is 1. The van der Waals surface area contributed by atoms with Gasteiger partial charge in [-0.2, -0.15) is 4.52 Å². The number of rotatable bonds is 10. The summed E-state index contributed by atoms with van der Waals surface area (Å²) in [5, 5.41) is 17.7. The van der Waals surface area contributed by atoms with E-state index in [9.17, 15) is 4.79 Å². The highest BCUT2D eigenvalue weighted by Gasteiger charge is 2.16. The number of benzene rings is 3. The van der Waals surface area contributed by atoms with E-state index in [4.69, 9.17) is 18.9 Å². The van der Waals surface area contributed by atoms with Gasteiger partial charge in [-0.05, 0) is 29.7 Å². The molecule has 2 heterocycles. The molecule has 0 spiro atoms. The third-order valence-electron chi connectivity index (χ3n) is 5.67. The number of carbonyl (C=O) groups is 1. The van der Waals surface area contributed by atoms with Crippen LogP contribution in [0.3, 0.4) is 0 Å². The van der Waals surface area contributed by atoms with Crippen molar-refractivity contribution >= 4 is 22.3 Å². The summed E-state index contributed by atoms with van der Waals surface area (Å²) in [7, 11) is 3.16. The standard InChI is InChI=1S/C27H25N5O5/c1-34-19-10-11-21(23(16-19)35-2)27-30-29-24-12-13-26(31-32(24)27)36-15-14-28-25(33)17-37-22-9-5-7-18-6-3-4-8-20(18)22/h3-13,16H,14-15,17H2,1-2H3,(H,28,33). The average molecular weight is 500 g/mol. The Hall–Kier alpha value is -4.86. The molecule has 0 saturated heterocycles. The molecule has 0 aliphatic heterocycles. The fourth-order valence-electron chi connectivity index (χ4n) is 3.86. The molecule has 0 bridgehead atoms. The number of hydrogen-bond acceptors (Lipinski definition) is 8. The van der Waals surface area contributed by atoms with Crippen LogP contribution in [-0.4, -0.2) is 59.7 Å². The molecule has 188 valence electrons. The van der Waals surface area contributed by atoms with E-state index < -0.39 is 0 Å². The molecule has 0 aliphatic rings. The van der Waals surface area contributed by atoms with Crippen LogP contribution in [0.25, 0.3) is 27.8 Å². The molecule has 0 radical (unpaired) electrons. The number of nitrogens with one attached hydrogen (secondary N) is 1. The maximum Gasteiger partial charge on any atom is 0.258 e. The minimum Gasteiger partial charge on any atom is -0.497 e. The van der Waals surface area contributed by atoms with E-state index in [0.29, 0.717) is 46.7 Å². The van der Waals surface area contributed by atoms with Gasteiger partial charge >= 0.3 is 0 Å². The molecule has 0 saturated carbocycles. The number of methoxy groups -OCH3 is 2. The molecule has 5 rings (SSSR count). The van der Waals surface area contributed by atoms with Crippen LogP contribution in [0.4, 0.5) is 0 Å². The van der Waals surface area contributed by atoms with Crippen LogP contribution in [0.15, 0.2) is 72.8 Å². The predicted molar refractivity (Wildman–Crippen MR) is 137 cm³/mol. The van der Waals surface area contributed by atoms with E-state index in [1.807, 2.05) is 54.6 Å². The summed E-state index contributed by atoms with van der Waals surface area (Å²) in [4.78, 5) is 12.3. The smallest absolute Gasteiger partial charge is 0.258 e. The summed E-state index contributed by atoms with van der Waals surface area (Å²) in [5.41, 5.74) is 1.26. The maximum absolute atomic E-state index is 12.3. The second kappa shape index (κ2) is 10.8. The Morgan fingerprint density at radius 2 is 1.76 bits per heavy atom. The van der Waals surface area contributed by atoms with Crippen molar-refractivity contribution < 1.29 is 23.7 Å². The van der Waals surface area contributed by atoms with Crippen molar-refractivity contribution in [1.82, 2.24) is 25.1 Å². The SMILES string of the molecule is COc1ccc(-c2nnc3ccc(OCCNC(=O)COc4cccc5ccccc45)nn23)c(OC)c1. The Bertz CT molecular complexity index is 1550. The van der Waals surface area contributed by atoms with Gasteiger partial charge < -0.3 is 24.3 Å². The Morgan fingerprint density at radius 1 is 0.892 bits per heavy atom. The van der Waals surface area contributed by atoms with Gasteiger partial charge in [-0.1, -0.05) is 36.4 Å². The largest absolute Gasteiger partial charge is 0.497 e. The lowest BCUT2D eigenvalue weighted by Crippen LogP contribution is -2.32. The van der Waals surface area contributed by atoms with Gasteiger partial charge in [0.15, 0.2) is 18.1 Å². The van der Waals surface area contributed by atoms with Gasteiger partial charge in [0.1, 0.15) is 23.9 Å². The number of hydrogen-bond donors (Lipinski definition) is 1. The Labute approximate surface area is 212 Å². The Morgan fingerprint density at radius 3 is 2.62 bits per heavy atom. The number of aromatic nitrogens is 4. The van der Waals surface area contributed by atoms with E-state index in [0.717, 1.165) is 10.8 Å². The van der Waals surface area contributed by atoms with Gasteiger partial charge in [0.2, 0.25) is 5.88 Å². The van der Waals surface area contributed by atoms with Crippen molar-refractivity contribution in [2.75, 3.05) is 34.0 Å². The molecule has 0 aliphatic carbocycles. The molecular formula is C27H25N5O5. The molecule has 0 unspecified atom stereocenters. The second-order valence-corrected chi connectivity index (χ2v) is 8.00. The Kier molecular flexibility index (Phi) is 6.98. The highest BCUT2D eigenvalue weighted by Crippen LogP contribution is 2.32. The molecule has 3 aromatic carbocycles. The topological polar surface area (TPSA) is 109 Å². The van der Waals surface area contributed by atoms with Crippen molar-refractivity contribution in [1.29, 1.82) is 0 Å². The summed E-state index contributed by atoms with van der Waals surface area (Å²) >= 11 is 0. The van der Waals surface area contributed by atoms with E-state index in [-0.39, 0.29) is 19.1 Å². The zero-order chi connectivity index (χ0) is 25.6. The van der Waals surface area contributed by atoms with Gasteiger partial charge in [-0.3, -0.25) is 4.79 Å². The number of fused-ring (bicyclic) bond motifs is 2. The van der Waals surface area contributed by atoms with Crippen LogP contribution < -0.4 is 24.3 Å². The lowest BCUT2D eigenvalue weighted by Gasteiger charge is -2.11. The van der Waals surface area contributed by atoms with Crippen molar-refractivity contribution in [3.05, 3.63) is 72.8 Å². The first-order valence-electron chi connectivity index (χ1n) is 11.6. The zero-order valence-corrected chi connectivity index (χ0v) is 20.4. The lowest BCUT2D eigenvalue weighted by molar-refractivity contribution is -0.123. The van der Waals surface area contributed by atoms with Crippen molar-refractivity contribution in [2.45, 2.75) is 0 Å². The van der Waals surface area contributed by atoms with Crippen LogP contribution in [0.5, 0.6) is 23.1 Å². The lowest BCUT2D eigenvalue weighted by atomic mass is 10.1. The first-order valence-corrected chi connectivity index (χ1v) is 11.6. The van der Waals surface area contributed by atoms with E-state index >= 15 is 0 Å². The zero-order valence-electron chi connectivity index (χ0n) is 20.4. The van der Waals surface area contributed by atoms with Gasteiger partial charge in [-0.15, -0.1) is 15.3 Å². The first-order chi connectivity index (χ1) is 18.2. The molecule has 2 aromatic heterocycles. The minimum absolute atomic E-state index is 0.0913. The maximum atomic E-state index is 12.3. The summed E-state index contributed by atoms with van der Waals surface area (Å²) in [6.07, 6.45) is 0. The average Bonchev–Trinajstić information content (AvgIpc) is 3.36. The van der Waals surface area contributed by atoms with E-state index in [1.54, 1.807) is 36.9 Å². The van der Waals surface area contributed by atoms with Crippen LogP contribution in [0.1, 0.15) is 0 Å². The van der Waals surface area contributed by atoms with E-state index in [2.05, 4.69) is 20.6 Å². The molecule has 10 heteroatoms. The molecule has 0 atom stereocenters. The van der Waals surface area contributed by atoms with Crippen molar-refractivity contribution in [3.63, 3.8) is 0 Å². The fraction of sp³-hybridized carbons (Fsp3) is 0.185. The monoisotopic (exact) mass is 499 g/mol. The first kappa shape index (κ1) is 23.9. The molecule has 5 aromatic rings. The van der Waals surface area contributed by atoms with E-state index in [1.165, 1.54) is 0 Å². The molecular weight excluding hydrogens is 474 g/mol. The number of carbonyl (C=O) groups excluding carboxylic acids is 1. The highest BCUT2D eigenvalue weighted by molar-refractivity contribution is 5.88. The van der Waals surface area contributed by atoms with Gasteiger partial charge in [-0.25, -0.2) is 0 Å². The molecule has 1 amide bonds. The predicted octanol–water partition coefficient (Wildman–Crippen LogP) is 3.54. The summed E-state index contributed by atoms with van der Waals surface area (Å²) < 4.78 is 23.8. The fourth-order valence-corrected chi connectivity index (χ4v) is 3.86. The summed E-state index contributed by atoms with van der Waals surface area (Å²) in [6, 6.07) is 22.5. The van der Waals surface area contributed by atoms with Gasteiger partial charge in [0.05, 0.1) is 26.3 Å². The minimum atomic E-state index is -0.243. The highest BCUT2D eigenvalue weighted by atomic mass is 16.5. The number of ether oxygens (including phenoxy) is 4.